The van der Waals surface area contributed by atoms with Crippen molar-refractivity contribution in [3.63, 3.8) is 0 Å². The number of anilines is 1. The molecule has 2 N–H and O–H groups in total. The van der Waals surface area contributed by atoms with Crippen LogP contribution in [-0.4, -0.2) is 24.7 Å². The summed E-state index contributed by atoms with van der Waals surface area (Å²) < 4.78 is 31.1. The van der Waals surface area contributed by atoms with E-state index in [1.807, 2.05) is 33.0 Å². The van der Waals surface area contributed by atoms with Crippen LogP contribution in [0.4, 0.5) is 5.82 Å². The fourth-order valence-electron chi connectivity index (χ4n) is 3.68. The third kappa shape index (κ3) is 3.38. The van der Waals surface area contributed by atoms with Gasteiger partial charge in [0.1, 0.15) is 0 Å². The first-order chi connectivity index (χ1) is 12.4. The van der Waals surface area contributed by atoms with Gasteiger partial charge in [0.2, 0.25) is 0 Å². The average molecular weight is 377 g/mol. The number of sulfonamides is 1. The van der Waals surface area contributed by atoms with Crippen molar-refractivity contribution >= 4 is 15.8 Å². The SMILES string of the molecule is CCc1cc(CC)c(S(=O)(=O)Nc2nn(C)c3c2CNCC3)c(CC)c1. The normalized spacial score (nSPS) is 14.3. The Kier molecular flexibility index (Phi) is 5.39. The molecule has 3 rings (SSSR count). The summed E-state index contributed by atoms with van der Waals surface area (Å²) in [6.45, 7) is 7.61. The van der Waals surface area contributed by atoms with E-state index in [0.717, 1.165) is 41.8 Å². The molecular formula is C19H28N4O2S. The van der Waals surface area contributed by atoms with Crippen LogP contribution in [0.1, 0.15) is 48.7 Å². The lowest BCUT2D eigenvalue weighted by Crippen LogP contribution is -2.25. The molecule has 0 fully saturated rings. The Labute approximate surface area is 156 Å². The van der Waals surface area contributed by atoms with Crippen LogP contribution in [0.5, 0.6) is 0 Å². The van der Waals surface area contributed by atoms with Crippen molar-refractivity contribution in [3.8, 4) is 0 Å². The highest BCUT2D eigenvalue weighted by molar-refractivity contribution is 7.92. The van der Waals surface area contributed by atoms with E-state index in [0.29, 0.717) is 30.1 Å². The first-order valence-corrected chi connectivity index (χ1v) is 10.8. The summed E-state index contributed by atoms with van der Waals surface area (Å²) in [5, 5.41) is 7.73. The van der Waals surface area contributed by atoms with E-state index in [9.17, 15) is 8.42 Å². The van der Waals surface area contributed by atoms with E-state index in [2.05, 4.69) is 22.1 Å². The first-order valence-electron chi connectivity index (χ1n) is 9.34. The highest BCUT2D eigenvalue weighted by Crippen LogP contribution is 2.29. The van der Waals surface area contributed by atoms with Crippen molar-refractivity contribution in [3.05, 3.63) is 40.1 Å². The minimum atomic E-state index is -3.70. The minimum absolute atomic E-state index is 0.419. The van der Waals surface area contributed by atoms with Gasteiger partial charge in [0, 0.05) is 37.8 Å². The van der Waals surface area contributed by atoms with Crippen LogP contribution in [0.25, 0.3) is 0 Å². The van der Waals surface area contributed by atoms with Crippen molar-refractivity contribution in [1.29, 1.82) is 0 Å². The number of aryl methyl sites for hydroxylation is 4. The summed E-state index contributed by atoms with van der Waals surface area (Å²) in [5.41, 5.74) is 4.96. The smallest absolute Gasteiger partial charge is 0.263 e. The number of fused-ring (bicyclic) bond motifs is 1. The van der Waals surface area contributed by atoms with Crippen molar-refractivity contribution in [2.45, 2.75) is 57.9 Å². The summed E-state index contributed by atoms with van der Waals surface area (Å²) in [5.74, 6) is 0.443. The zero-order chi connectivity index (χ0) is 18.9. The molecule has 0 amide bonds. The Hall–Kier alpha value is -1.86. The lowest BCUT2D eigenvalue weighted by Gasteiger charge is -2.18. The number of nitrogens with zero attached hydrogens (tertiary/aromatic N) is 2. The van der Waals surface area contributed by atoms with Gasteiger partial charge in [-0.1, -0.05) is 32.9 Å². The van der Waals surface area contributed by atoms with Gasteiger partial charge in [-0.25, -0.2) is 8.42 Å². The Morgan fingerprint density at radius 1 is 1.15 bits per heavy atom. The van der Waals surface area contributed by atoms with E-state index in [1.165, 1.54) is 5.56 Å². The van der Waals surface area contributed by atoms with Crippen LogP contribution in [-0.2, 0) is 49.3 Å². The zero-order valence-electron chi connectivity index (χ0n) is 16.0. The van der Waals surface area contributed by atoms with E-state index in [-0.39, 0.29) is 0 Å². The molecule has 1 aliphatic rings. The van der Waals surface area contributed by atoms with Gasteiger partial charge in [0.25, 0.3) is 10.0 Å². The van der Waals surface area contributed by atoms with Crippen LogP contribution in [0, 0.1) is 0 Å². The predicted molar refractivity (Wildman–Crippen MR) is 104 cm³/mol. The molecule has 1 aromatic heterocycles. The maximum atomic E-state index is 13.3. The second kappa shape index (κ2) is 7.40. The third-order valence-electron chi connectivity index (χ3n) is 5.09. The van der Waals surface area contributed by atoms with E-state index >= 15 is 0 Å². The summed E-state index contributed by atoms with van der Waals surface area (Å²) in [7, 11) is -1.83. The molecule has 1 aromatic carbocycles. The number of nitrogens with one attached hydrogen (secondary N) is 2. The topological polar surface area (TPSA) is 76.0 Å². The molecule has 1 aliphatic heterocycles. The summed E-state index contributed by atoms with van der Waals surface area (Å²) in [4.78, 5) is 0.419. The van der Waals surface area contributed by atoms with Gasteiger partial charge < -0.3 is 5.32 Å². The van der Waals surface area contributed by atoms with E-state index in [1.54, 1.807) is 4.68 Å². The molecule has 0 saturated carbocycles. The Bertz CT molecular complexity index is 891. The van der Waals surface area contributed by atoms with Gasteiger partial charge in [-0.05, 0) is 36.0 Å². The number of hydrogen-bond acceptors (Lipinski definition) is 4. The van der Waals surface area contributed by atoms with E-state index < -0.39 is 10.0 Å². The van der Waals surface area contributed by atoms with Crippen LogP contribution in [0.2, 0.25) is 0 Å². The molecule has 142 valence electrons. The fraction of sp³-hybridized carbons (Fsp3) is 0.526. The van der Waals surface area contributed by atoms with Crippen LogP contribution < -0.4 is 10.0 Å². The lowest BCUT2D eigenvalue weighted by atomic mass is 10.0. The van der Waals surface area contributed by atoms with Crippen LogP contribution in [0.15, 0.2) is 17.0 Å². The van der Waals surface area contributed by atoms with Gasteiger partial charge in [0.15, 0.2) is 5.82 Å². The molecule has 0 radical (unpaired) electrons. The molecule has 2 heterocycles. The monoisotopic (exact) mass is 376 g/mol. The summed E-state index contributed by atoms with van der Waals surface area (Å²) in [6.07, 6.45) is 3.11. The molecule has 0 aliphatic carbocycles. The molecule has 0 atom stereocenters. The number of aromatic nitrogens is 2. The molecule has 0 spiro atoms. The molecule has 6 nitrogen and oxygen atoms in total. The van der Waals surface area contributed by atoms with Gasteiger partial charge in [-0.3, -0.25) is 9.40 Å². The number of rotatable bonds is 6. The quantitative estimate of drug-likeness (QED) is 0.812. The highest BCUT2D eigenvalue weighted by atomic mass is 32.2. The second-order valence-electron chi connectivity index (χ2n) is 6.73. The molecule has 7 heteroatoms. The second-order valence-corrected chi connectivity index (χ2v) is 8.35. The standard InChI is InChI=1S/C19H28N4O2S/c1-5-13-10-14(6-2)18(15(7-3)11-13)26(24,25)22-19-16-12-20-9-8-17(16)23(4)21-19/h10-11,20H,5-9,12H2,1-4H3,(H,21,22). The van der Waals surface area contributed by atoms with Gasteiger partial charge in [-0.15, -0.1) is 0 Å². The predicted octanol–water partition coefficient (Wildman–Crippen LogP) is 2.55. The molecule has 2 aromatic rings. The molecule has 0 unspecified atom stereocenters. The van der Waals surface area contributed by atoms with Crippen molar-refractivity contribution in [1.82, 2.24) is 15.1 Å². The lowest BCUT2D eigenvalue weighted by molar-refractivity contribution is 0.598. The van der Waals surface area contributed by atoms with Crippen LogP contribution in [0.3, 0.4) is 0 Å². The Morgan fingerprint density at radius 3 is 2.38 bits per heavy atom. The maximum Gasteiger partial charge on any atom is 0.263 e. The molecular weight excluding hydrogens is 348 g/mol. The molecule has 0 bridgehead atoms. The van der Waals surface area contributed by atoms with Gasteiger partial charge in [-0.2, -0.15) is 5.10 Å². The van der Waals surface area contributed by atoms with Gasteiger partial charge >= 0.3 is 0 Å². The average Bonchev–Trinajstić information content (AvgIpc) is 2.95. The summed E-state index contributed by atoms with van der Waals surface area (Å²) in [6, 6.07) is 4.03. The van der Waals surface area contributed by atoms with Crippen molar-refractivity contribution < 1.29 is 8.42 Å². The number of benzene rings is 1. The van der Waals surface area contributed by atoms with E-state index in [4.69, 9.17) is 0 Å². The largest absolute Gasteiger partial charge is 0.312 e. The van der Waals surface area contributed by atoms with Crippen molar-refractivity contribution in [2.75, 3.05) is 11.3 Å². The number of hydrogen-bond donors (Lipinski definition) is 2. The third-order valence-corrected chi connectivity index (χ3v) is 6.61. The van der Waals surface area contributed by atoms with Crippen LogP contribution >= 0.6 is 0 Å². The van der Waals surface area contributed by atoms with Gasteiger partial charge in [0.05, 0.1) is 4.90 Å². The zero-order valence-corrected chi connectivity index (χ0v) is 16.8. The maximum absolute atomic E-state index is 13.3. The molecule has 0 saturated heterocycles. The summed E-state index contributed by atoms with van der Waals surface area (Å²) >= 11 is 0. The first kappa shape index (κ1) is 18.9. The fourth-order valence-corrected chi connectivity index (χ4v) is 5.30. The molecule has 26 heavy (non-hydrogen) atoms. The Morgan fingerprint density at radius 2 is 1.81 bits per heavy atom. The minimum Gasteiger partial charge on any atom is -0.312 e. The van der Waals surface area contributed by atoms with Crippen molar-refractivity contribution in [2.24, 2.45) is 7.05 Å². The highest BCUT2D eigenvalue weighted by Gasteiger charge is 2.27. The Balaban J connectivity index is 2.07.